The number of imidazole rings is 1. The van der Waals surface area contributed by atoms with E-state index in [1.807, 2.05) is 0 Å². The summed E-state index contributed by atoms with van der Waals surface area (Å²) < 4.78 is 12.9. The molecule has 1 aromatic heterocycles. The lowest BCUT2D eigenvalue weighted by molar-refractivity contribution is -0.151. The lowest BCUT2D eigenvalue weighted by Gasteiger charge is -2.32. The van der Waals surface area contributed by atoms with Gasteiger partial charge in [0.1, 0.15) is 6.67 Å². The first kappa shape index (κ1) is 11.6. The number of likely N-dealkylation sites (N-methyl/N-ethyl adjacent to an activating group) is 1. The summed E-state index contributed by atoms with van der Waals surface area (Å²) in [5, 5.41) is 9.08. The minimum Gasteiger partial charge on any atom is -0.480 e. The fourth-order valence-corrected chi connectivity index (χ4v) is 1.35. The number of H-pyrrole nitrogens is 1. The molecule has 1 rings (SSSR count). The van der Waals surface area contributed by atoms with E-state index in [2.05, 4.69) is 9.97 Å². The van der Waals surface area contributed by atoms with Gasteiger partial charge in [0.15, 0.2) is 5.54 Å². The molecule has 0 saturated heterocycles. The number of hydrogen-bond acceptors (Lipinski definition) is 3. The van der Waals surface area contributed by atoms with Gasteiger partial charge in [0.2, 0.25) is 0 Å². The fourth-order valence-electron chi connectivity index (χ4n) is 1.35. The topological polar surface area (TPSA) is 69.2 Å². The van der Waals surface area contributed by atoms with Gasteiger partial charge in [0.25, 0.3) is 0 Å². The zero-order valence-corrected chi connectivity index (χ0v) is 8.70. The average molecular weight is 215 g/mol. The summed E-state index contributed by atoms with van der Waals surface area (Å²) in [6, 6.07) is 0. The van der Waals surface area contributed by atoms with Gasteiger partial charge in [-0.2, -0.15) is 0 Å². The molecule has 84 valence electrons. The van der Waals surface area contributed by atoms with Gasteiger partial charge >= 0.3 is 5.97 Å². The third kappa shape index (κ3) is 2.15. The molecular weight excluding hydrogens is 201 g/mol. The second kappa shape index (κ2) is 4.39. The zero-order chi connectivity index (χ0) is 11.5. The Morgan fingerprint density at radius 2 is 2.40 bits per heavy atom. The number of rotatable bonds is 5. The molecule has 0 unspecified atom stereocenters. The second-order valence-corrected chi connectivity index (χ2v) is 3.62. The van der Waals surface area contributed by atoms with Crippen molar-refractivity contribution in [2.45, 2.75) is 12.0 Å². The molecule has 1 atom stereocenters. The molecule has 0 radical (unpaired) electrons. The highest BCUT2D eigenvalue weighted by Crippen LogP contribution is 2.19. The fraction of sp³-hybridized carbons (Fsp3) is 0.556. The van der Waals surface area contributed by atoms with E-state index in [4.69, 9.17) is 5.11 Å². The summed E-state index contributed by atoms with van der Waals surface area (Å²) in [5.41, 5.74) is -0.921. The van der Waals surface area contributed by atoms with Crippen molar-refractivity contribution in [1.29, 1.82) is 0 Å². The number of aliphatic carboxylic acids is 1. The van der Waals surface area contributed by atoms with Crippen LogP contribution in [0.1, 0.15) is 5.69 Å². The SMILES string of the molecule is CN(C)[C@@](CF)(Cc1cnc[nH]1)C(=O)O. The highest BCUT2D eigenvalue weighted by molar-refractivity contribution is 5.79. The van der Waals surface area contributed by atoms with Crippen molar-refractivity contribution in [2.24, 2.45) is 0 Å². The highest BCUT2D eigenvalue weighted by Gasteiger charge is 2.41. The number of halogens is 1. The lowest BCUT2D eigenvalue weighted by Crippen LogP contribution is -2.55. The van der Waals surface area contributed by atoms with E-state index in [0.29, 0.717) is 5.69 Å². The van der Waals surface area contributed by atoms with Crippen LogP contribution in [0.4, 0.5) is 4.39 Å². The van der Waals surface area contributed by atoms with E-state index in [1.165, 1.54) is 17.4 Å². The summed E-state index contributed by atoms with van der Waals surface area (Å²) in [6.07, 6.45) is 3.00. The van der Waals surface area contributed by atoms with Gasteiger partial charge in [-0.05, 0) is 14.1 Å². The first-order valence-electron chi connectivity index (χ1n) is 4.47. The van der Waals surface area contributed by atoms with Gasteiger partial charge < -0.3 is 10.1 Å². The molecule has 0 aromatic carbocycles. The van der Waals surface area contributed by atoms with Crippen LogP contribution in [0.2, 0.25) is 0 Å². The average Bonchev–Trinajstić information content (AvgIpc) is 2.65. The molecule has 2 N–H and O–H groups in total. The Balaban J connectivity index is 2.95. The molecule has 0 bridgehead atoms. The molecule has 0 aliphatic rings. The van der Waals surface area contributed by atoms with Crippen molar-refractivity contribution in [3.8, 4) is 0 Å². The number of carbonyl (C=O) groups is 1. The van der Waals surface area contributed by atoms with Gasteiger partial charge in [0.05, 0.1) is 6.33 Å². The normalized spacial score (nSPS) is 15.2. The predicted molar refractivity (Wildman–Crippen MR) is 52.3 cm³/mol. The Morgan fingerprint density at radius 1 is 1.73 bits per heavy atom. The third-order valence-corrected chi connectivity index (χ3v) is 2.51. The van der Waals surface area contributed by atoms with E-state index in [9.17, 15) is 9.18 Å². The number of aromatic amines is 1. The molecular formula is C9H14FN3O2. The van der Waals surface area contributed by atoms with E-state index >= 15 is 0 Å². The smallest absolute Gasteiger partial charge is 0.327 e. The lowest BCUT2D eigenvalue weighted by atomic mass is 9.94. The van der Waals surface area contributed by atoms with Gasteiger partial charge in [0, 0.05) is 18.3 Å². The molecule has 0 fully saturated rings. The Bertz CT molecular complexity index is 326. The summed E-state index contributed by atoms with van der Waals surface area (Å²) in [6.45, 7) is -0.950. The molecule has 1 heterocycles. The van der Waals surface area contributed by atoms with Crippen molar-refractivity contribution >= 4 is 5.97 Å². The van der Waals surface area contributed by atoms with Crippen LogP contribution in [0.5, 0.6) is 0 Å². The van der Waals surface area contributed by atoms with E-state index in [0.717, 1.165) is 0 Å². The quantitative estimate of drug-likeness (QED) is 0.741. The number of hydrogen-bond donors (Lipinski definition) is 2. The van der Waals surface area contributed by atoms with Crippen LogP contribution in [-0.4, -0.2) is 52.3 Å². The van der Waals surface area contributed by atoms with Crippen molar-refractivity contribution in [3.63, 3.8) is 0 Å². The maximum atomic E-state index is 12.9. The van der Waals surface area contributed by atoms with Crippen LogP contribution in [0, 0.1) is 0 Å². The Morgan fingerprint density at radius 3 is 2.73 bits per heavy atom. The number of nitrogens with zero attached hydrogens (tertiary/aromatic N) is 2. The zero-order valence-electron chi connectivity index (χ0n) is 8.70. The molecule has 0 aliphatic carbocycles. The number of alkyl halides is 1. The van der Waals surface area contributed by atoms with Crippen molar-refractivity contribution < 1.29 is 14.3 Å². The first-order chi connectivity index (χ1) is 7.03. The van der Waals surface area contributed by atoms with Gasteiger partial charge in [-0.3, -0.25) is 9.69 Å². The van der Waals surface area contributed by atoms with Crippen molar-refractivity contribution in [1.82, 2.24) is 14.9 Å². The van der Waals surface area contributed by atoms with E-state index in [1.54, 1.807) is 14.1 Å². The molecule has 5 nitrogen and oxygen atoms in total. The van der Waals surface area contributed by atoms with Crippen LogP contribution >= 0.6 is 0 Å². The Kier molecular flexibility index (Phi) is 3.41. The molecule has 15 heavy (non-hydrogen) atoms. The van der Waals surface area contributed by atoms with Gasteiger partial charge in [-0.1, -0.05) is 0 Å². The second-order valence-electron chi connectivity index (χ2n) is 3.62. The van der Waals surface area contributed by atoms with E-state index in [-0.39, 0.29) is 6.42 Å². The van der Waals surface area contributed by atoms with Crippen LogP contribution in [0.3, 0.4) is 0 Å². The molecule has 0 amide bonds. The number of aromatic nitrogens is 2. The molecule has 6 heteroatoms. The maximum Gasteiger partial charge on any atom is 0.327 e. The van der Waals surface area contributed by atoms with Crippen LogP contribution in [-0.2, 0) is 11.2 Å². The number of carboxylic acid groups (broad SMARTS) is 1. The van der Waals surface area contributed by atoms with Crippen LogP contribution in [0.25, 0.3) is 0 Å². The first-order valence-corrected chi connectivity index (χ1v) is 4.47. The minimum absolute atomic E-state index is 0.0613. The van der Waals surface area contributed by atoms with Crippen LogP contribution < -0.4 is 0 Å². The summed E-state index contributed by atoms with van der Waals surface area (Å²) in [4.78, 5) is 19.0. The van der Waals surface area contributed by atoms with E-state index < -0.39 is 18.2 Å². The van der Waals surface area contributed by atoms with Crippen molar-refractivity contribution in [3.05, 3.63) is 18.2 Å². The predicted octanol–water partition coefficient (Wildman–Crippen LogP) is 0.307. The minimum atomic E-state index is -1.52. The van der Waals surface area contributed by atoms with Crippen LogP contribution in [0.15, 0.2) is 12.5 Å². The molecule has 1 aromatic rings. The molecule has 0 saturated carbocycles. The summed E-state index contributed by atoms with van der Waals surface area (Å²) in [5.74, 6) is -1.18. The largest absolute Gasteiger partial charge is 0.480 e. The Labute approximate surface area is 86.9 Å². The number of carboxylic acids is 1. The number of nitrogens with one attached hydrogen (secondary N) is 1. The monoisotopic (exact) mass is 215 g/mol. The highest BCUT2D eigenvalue weighted by atomic mass is 19.1. The van der Waals surface area contributed by atoms with Gasteiger partial charge in [-0.25, -0.2) is 9.37 Å². The van der Waals surface area contributed by atoms with Gasteiger partial charge in [-0.15, -0.1) is 0 Å². The Hall–Kier alpha value is -1.43. The third-order valence-electron chi connectivity index (χ3n) is 2.51. The van der Waals surface area contributed by atoms with Crippen molar-refractivity contribution in [2.75, 3.05) is 20.8 Å². The summed E-state index contributed by atoms with van der Waals surface area (Å²) >= 11 is 0. The molecule has 0 aliphatic heterocycles. The maximum absolute atomic E-state index is 12.9. The molecule has 0 spiro atoms. The standard InChI is InChI=1S/C9H14FN3O2/c1-13(2)9(5-10,8(14)15)3-7-4-11-6-12-7/h4,6H,3,5H2,1-2H3,(H,11,12)(H,14,15)/t9-/m1/s1. The summed E-state index contributed by atoms with van der Waals surface area (Å²) in [7, 11) is 3.09.